The minimum absolute atomic E-state index is 0.0160. The van der Waals surface area contributed by atoms with Crippen molar-refractivity contribution in [2.75, 3.05) is 26.2 Å². The fourth-order valence-corrected chi connectivity index (χ4v) is 2.38. The average molecular weight is 446 g/mol. The van der Waals surface area contributed by atoms with Gasteiger partial charge in [-0.1, -0.05) is 24.3 Å². The Kier molecular flexibility index (Phi) is 11.7. The van der Waals surface area contributed by atoms with Crippen molar-refractivity contribution in [1.29, 1.82) is 0 Å². The van der Waals surface area contributed by atoms with Crippen LogP contribution in [0.25, 0.3) is 0 Å². The van der Waals surface area contributed by atoms with Crippen molar-refractivity contribution in [1.82, 2.24) is 10.6 Å². The molecular weight excluding hydrogens is 420 g/mol. The molecule has 0 aliphatic carbocycles. The molecule has 0 unspecified atom stereocenters. The van der Waals surface area contributed by atoms with Gasteiger partial charge in [0.05, 0.1) is 0 Å². The topological polar surface area (TPSA) is 151 Å². The predicted molar refractivity (Wildman–Crippen MR) is 115 cm³/mol. The summed E-state index contributed by atoms with van der Waals surface area (Å²) in [5, 5.41) is 23.8. The molecule has 1 heterocycles. The van der Waals surface area contributed by atoms with E-state index in [1.54, 1.807) is 24.3 Å². The van der Waals surface area contributed by atoms with Gasteiger partial charge in [-0.3, -0.25) is 9.59 Å². The number of carboxylic acid groups (broad SMARTS) is 2. The number of ether oxygens (including phenoxy) is 2. The van der Waals surface area contributed by atoms with E-state index in [9.17, 15) is 19.2 Å². The van der Waals surface area contributed by atoms with Crippen molar-refractivity contribution in [3.8, 4) is 11.5 Å². The van der Waals surface area contributed by atoms with E-state index in [0.29, 0.717) is 0 Å². The summed E-state index contributed by atoms with van der Waals surface area (Å²) in [5.74, 6) is -3.15. The highest BCUT2D eigenvalue weighted by Crippen LogP contribution is 2.18. The maximum Gasteiger partial charge on any atom is 0.339 e. The van der Waals surface area contributed by atoms with Crippen molar-refractivity contribution in [3.63, 3.8) is 0 Å². The summed E-state index contributed by atoms with van der Waals surface area (Å²) < 4.78 is 9.37. The third-order valence-corrected chi connectivity index (χ3v) is 3.70. The van der Waals surface area contributed by atoms with Gasteiger partial charge in [0.25, 0.3) is 0 Å². The van der Waals surface area contributed by atoms with Crippen molar-refractivity contribution in [2.24, 2.45) is 0 Å². The molecule has 32 heavy (non-hydrogen) atoms. The lowest BCUT2D eigenvalue weighted by atomic mass is 10.2. The fourth-order valence-electron chi connectivity index (χ4n) is 2.38. The number of hydrogen-bond donors (Lipinski definition) is 4. The first kappa shape index (κ1) is 26.3. The number of nitrogens with one attached hydrogen (secondary N) is 2. The van der Waals surface area contributed by atoms with Crippen LogP contribution in [0.4, 0.5) is 0 Å². The van der Waals surface area contributed by atoms with Crippen LogP contribution in [0.3, 0.4) is 0 Å². The number of rotatable bonds is 4. The van der Waals surface area contributed by atoms with Crippen LogP contribution < -0.4 is 20.1 Å². The van der Waals surface area contributed by atoms with Gasteiger partial charge in [-0.15, -0.1) is 0 Å². The maximum atomic E-state index is 10.6. The first-order valence-corrected chi connectivity index (χ1v) is 9.65. The number of esters is 2. The van der Waals surface area contributed by atoms with Crippen LogP contribution in [0, 0.1) is 0 Å². The Morgan fingerprint density at radius 2 is 0.969 bits per heavy atom. The van der Waals surface area contributed by atoms with Crippen molar-refractivity contribution >= 4 is 23.9 Å². The van der Waals surface area contributed by atoms with Gasteiger partial charge < -0.3 is 30.3 Å². The van der Waals surface area contributed by atoms with Crippen LogP contribution in [0.2, 0.25) is 0 Å². The first-order valence-electron chi connectivity index (χ1n) is 9.65. The smallest absolute Gasteiger partial charge is 0.339 e. The number of aromatic carboxylic acids is 2. The third kappa shape index (κ3) is 10.3. The Labute approximate surface area is 185 Å². The molecule has 1 aliphatic rings. The van der Waals surface area contributed by atoms with E-state index in [1.807, 2.05) is 0 Å². The summed E-state index contributed by atoms with van der Waals surface area (Å²) in [7, 11) is 0. The zero-order chi connectivity index (χ0) is 23.9. The van der Waals surface area contributed by atoms with Crippen molar-refractivity contribution in [2.45, 2.75) is 13.8 Å². The molecule has 0 amide bonds. The average Bonchev–Trinajstić information content (AvgIpc) is 2.75. The number of carbonyl (C=O) groups is 4. The summed E-state index contributed by atoms with van der Waals surface area (Å²) in [6.07, 6.45) is 0. The molecule has 0 saturated carbocycles. The van der Waals surface area contributed by atoms with Gasteiger partial charge >= 0.3 is 23.9 Å². The molecule has 10 heteroatoms. The highest BCUT2D eigenvalue weighted by Gasteiger charge is 2.12. The highest BCUT2D eigenvalue weighted by atomic mass is 16.5. The number of carboxylic acids is 2. The van der Waals surface area contributed by atoms with Crippen LogP contribution in [0.1, 0.15) is 34.6 Å². The Morgan fingerprint density at radius 3 is 1.22 bits per heavy atom. The molecule has 1 fully saturated rings. The van der Waals surface area contributed by atoms with Crippen LogP contribution >= 0.6 is 0 Å². The van der Waals surface area contributed by atoms with Crippen LogP contribution in [-0.2, 0) is 9.59 Å². The molecule has 10 nitrogen and oxygen atoms in total. The lowest BCUT2D eigenvalue weighted by Gasteiger charge is -2.11. The number of benzene rings is 2. The Hall–Kier alpha value is -3.76. The van der Waals surface area contributed by atoms with Gasteiger partial charge in [0, 0.05) is 40.0 Å². The summed E-state index contributed by atoms with van der Waals surface area (Å²) >= 11 is 0. The molecular formula is C22H26N2O8. The van der Waals surface area contributed by atoms with Gasteiger partial charge in [-0.25, -0.2) is 9.59 Å². The van der Waals surface area contributed by atoms with Crippen molar-refractivity contribution in [3.05, 3.63) is 59.7 Å². The highest BCUT2D eigenvalue weighted by molar-refractivity contribution is 5.92. The second kappa shape index (κ2) is 14.3. The molecule has 4 N–H and O–H groups in total. The molecule has 0 atom stereocenters. The Morgan fingerprint density at radius 1 is 0.656 bits per heavy atom. The lowest BCUT2D eigenvalue weighted by molar-refractivity contribution is -0.132. The first-order chi connectivity index (χ1) is 15.2. The lowest BCUT2D eigenvalue weighted by Crippen LogP contribution is -2.39. The van der Waals surface area contributed by atoms with E-state index >= 15 is 0 Å². The second-order valence-electron chi connectivity index (χ2n) is 6.29. The molecule has 0 spiro atoms. The zero-order valence-electron chi connectivity index (χ0n) is 17.8. The van der Waals surface area contributed by atoms with Crippen LogP contribution in [0.5, 0.6) is 11.5 Å². The predicted octanol–water partition coefficient (Wildman–Crippen LogP) is 1.80. The van der Waals surface area contributed by atoms with E-state index in [2.05, 4.69) is 20.1 Å². The minimum Gasteiger partial charge on any atom is -0.478 e. The van der Waals surface area contributed by atoms with E-state index in [-0.39, 0.29) is 22.6 Å². The van der Waals surface area contributed by atoms with Gasteiger partial charge in [0.1, 0.15) is 22.6 Å². The van der Waals surface area contributed by atoms with Gasteiger partial charge in [-0.05, 0) is 24.3 Å². The second-order valence-corrected chi connectivity index (χ2v) is 6.29. The van der Waals surface area contributed by atoms with Crippen LogP contribution in [0.15, 0.2) is 48.5 Å². The summed E-state index contributed by atoms with van der Waals surface area (Å²) in [4.78, 5) is 42.4. The molecule has 0 aromatic heterocycles. The maximum absolute atomic E-state index is 10.6. The van der Waals surface area contributed by atoms with E-state index in [1.165, 1.54) is 38.1 Å². The zero-order valence-corrected chi connectivity index (χ0v) is 17.8. The largest absolute Gasteiger partial charge is 0.478 e. The summed E-state index contributed by atoms with van der Waals surface area (Å²) in [6.45, 7) is 7.00. The molecule has 0 radical (unpaired) electrons. The normalized spacial score (nSPS) is 12.1. The number of hydrogen-bond acceptors (Lipinski definition) is 8. The SMILES string of the molecule is C1CNCCN1.CC(=O)Oc1ccccc1C(=O)O.CC(=O)Oc1ccccc1C(=O)O. The number of carbonyl (C=O) groups excluding carboxylic acids is 2. The standard InChI is InChI=1S/2C9H8O4.C4H10N2/c2*1-6(10)13-8-5-3-2-4-7(8)9(11)12;1-2-6-4-3-5-1/h2*2-5H,1H3,(H,11,12);5-6H,1-4H2. The van der Waals surface area contributed by atoms with E-state index in [0.717, 1.165) is 26.2 Å². The molecule has 2 aromatic carbocycles. The quantitative estimate of drug-likeness (QED) is 0.404. The number of piperazine rings is 1. The molecule has 1 saturated heterocycles. The van der Waals surface area contributed by atoms with Gasteiger partial charge in [0.15, 0.2) is 0 Å². The van der Waals surface area contributed by atoms with E-state index < -0.39 is 23.9 Å². The fraction of sp³-hybridized carbons (Fsp3) is 0.273. The minimum atomic E-state index is -1.11. The molecule has 1 aliphatic heterocycles. The summed E-state index contributed by atoms with van der Waals surface area (Å²) in [5.41, 5.74) is -0.0320. The monoisotopic (exact) mass is 446 g/mol. The van der Waals surface area contributed by atoms with Crippen LogP contribution in [-0.4, -0.2) is 60.3 Å². The molecule has 3 rings (SSSR count). The third-order valence-electron chi connectivity index (χ3n) is 3.70. The van der Waals surface area contributed by atoms with Crippen molar-refractivity contribution < 1.29 is 38.9 Å². The van der Waals surface area contributed by atoms with Gasteiger partial charge in [0.2, 0.25) is 0 Å². The number of para-hydroxylation sites is 2. The molecule has 2 aromatic rings. The summed E-state index contributed by atoms with van der Waals surface area (Å²) in [6, 6.07) is 12.0. The van der Waals surface area contributed by atoms with E-state index in [4.69, 9.17) is 10.2 Å². The Bertz CT molecular complexity index is 845. The molecule has 0 bridgehead atoms. The Balaban J connectivity index is 0.000000256. The van der Waals surface area contributed by atoms with Gasteiger partial charge in [-0.2, -0.15) is 0 Å². The molecule has 172 valence electrons.